The summed E-state index contributed by atoms with van der Waals surface area (Å²) in [5.74, 6) is 0. The van der Waals surface area contributed by atoms with Crippen molar-refractivity contribution >= 4 is 0 Å². The molecule has 0 amide bonds. The van der Waals surface area contributed by atoms with Crippen LogP contribution in [0.5, 0.6) is 0 Å². The van der Waals surface area contributed by atoms with Crippen LogP contribution in [0.2, 0.25) is 0 Å². The third-order valence-corrected chi connectivity index (χ3v) is 3.98. The summed E-state index contributed by atoms with van der Waals surface area (Å²) < 4.78 is 0. The highest BCUT2D eigenvalue weighted by molar-refractivity contribution is 5.24. The van der Waals surface area contributed by atoms with Crippen LogP contribution in [0.25, 0.3) is 0 Å². The normalized spacial score (nSPS) is 19.7. The molecule has 1 aliphatic heterocycles. The number of likely N-dealkylation sites (tertiary alicyclic amines) is 1. The number of hydrogen-bond acceptors (Lipinski definition) is 2. The van der Waals surface area contributed by atoms with Gasteiger partial charge in [0.25, 0.3) is 0 Å². The molecule has 1 fully saturated rings. The summed E-state index contributed by atoms with van der Waals surface area (Å²) in [7, 11) is 2.20. The molecule has 2 aromatic rings. The molecule has 2 nitrogen and oxygen atoms in total. The fourth-order valence-electron chi connectivity index (χ4n) is 2.87. The average molecular weight is 252 g/mol. The van der Waals surface area contributed by atoms with E-state index in [4.69, 9.17) is 0 Å². The van der Waals surface area contributed by atoms with E-state index in [-0.39, 0.29) is 0 Å². The van der Waals surface area contributed by atoms with Gasteiger partial charge in [0.2, 0.25) is 0 Å². The highest BCUT2D eigenvalue weighted by atomic mass is 15.1. The van der Waals surface area contributed by atoms with Crippen LogP contribution >= 0.6 is 0 Å². The van der Waals surface area contributed by atoms with Crippen LogP contribution in [0.3, 0.4) is 0 Å². The summed E-state index contributed by atoms with van der Waals surface area (Å²) >= 11 is 0. The van der Waals surface area contributed by atoms with Crippen LogP contribution in [0.1, 0.15) is 35.7 Å². The van der Waals surface area contributed by atoms with Crippen molar-refractivity contribution in [3.63, 3.8) is 0 Å². The maximum Gasteiger partial charge on any atom is 0.0447 e. The first-order valence-corrected chi connectivity index (χ1v) is 7.02. The first kappa shape index (κ1) is 12.4. The third kappa shape index (κ3) is 2.85. The molecule has 2 heterocycles. The lowest BCUT2D eigenvalue weighted by molar-refractivity contribution is 0.317. The molecule has 0 saturated carbocycles. The number of aromatic nitrogens is 1. The quantitative estimate of drug-likeness (QED) is 0.832. The Kier molecular flexibility index (Phi) is 3.60. The van der Waals surface area contributed by atoms with Gasteiger partial charge in [-0.25, -0.2) is 0 Å². The Morgan fingerprint density at radius 2 is 2.00 bits per heavy atom. The second-order valence-corrected chi connectivity index (χ2v) is 5.38. The van der Waals surface area contributed by atoms with Gasteiger partial charge in [-0.3, -0.25) is 9.88 Å². The summed E-state index contributed by atoms with van der Waals surface area (Å²) in [4.78, 5) is 7.05. The second kappa shape index (κ2) is 5.54. The van der Waals surface area contributed by atoms with Gasteiger partial charge in [-0.2, -0.15) is 0 Å². The van der Waals surface area contributed by atoms with Crippen LogP contribution < -0.4 is 0 Å². The van der Waals surface area contributed by atoms with E-state index >= 15 is 0 Å². The molecule has 1 aromatic heterocycles. The van der Waals surface area contributed by atoms with E-state index in [9.17, 15) is 0 Å². The van der Waals surface area contributed by atoms with Gasteiger partial charge in [-0.15, -0.1) is 0 Å². The smallest absolute Gasteiger partial charge is 0.0447 e. The Balaban J connectivity index is 1.72. The maximum absolute atomic E-state index is 4.63. The van der Waals surface area contributed by atoms with Crippen molar-refractivity contribution < 1.29 is 0 Å². The fraction of sp³-hybridized carbons (Fsp3) is 0.353. The lowest BCUT2D eigenvalue weighted by atomic mass is 10.0. The minimum absolute atomic E-state index is 0.568. The largest absolute Gasteiger partial charge is 0.299 e. The predicted octanol–water partition coefficient (Wildman–Crippen LogP) is 3.44. The van der Waals surface area contributed by atoms with Gasteiger partial charge >= 0.3 is 0 Å². The van der Waals surface area contributed by atoms with E-state index in [1.807, 2.05) is 0 Å². The van der Waals surface area contributed by atoms with E-state index < -0.39 is 0 Å². The molecule has 1 atom stereocenters. The Hall–Kier alpha value is -1.67. The van der Waals surface area contributed by atoms with Crippen LogP contribution in [0.15, 0.2) is 48.7 Å². The molecule has 1 aliphatic rings. The molecule has 0 aliphatic carbocycles. The minimum atomic E-state index is 0.568. The first-order valence-electron chi connectivity index (χ1n) is 7.02. The molecule has 98 valence electrons. The van der Waals surface area contributed by atoms with E-state index in [1.165, 1.54) is 30.5 Å². The van der Waals surface area contributed by atoms with E-state index in [0.717, 1.165) is 12.1 Å². The molecule has 3 rings (SSSR count). The van der Waals surface area contributed by atoms with Gasteiger partial charge in [-0.05, 0) is 43.6 Å². The lowest BCUT2D eigenvalue weighted by Crippen LogP contribution is -2.17. The van der Waals surface area contributed by atoms with Crippen LogP contribution in [-0.4, -0.2) is 23.5 Å². The van der Waals surface area contributed by atoms with Gasteiger partial charge in [0.15, 0.2) is 0 Å². The third-order valence-electron chi connectivity index (χ3n) is 3.98. The Morgan fingerprint density at radius 3 is 2.63 bits per heavy atom. The molecule has 0 N–H and O–H groups in total. The topological polar surface area (TPSA) is 16.1 Å². The number of pyridine rings is 1. The van der Waals surface area contributed by atoms with Crippen LogP contribution in [0, 0.1) is 0 Å². The summed E-state index contributed by atoms with van der Waals surface area (Å²) in [6, 6.07) is 15.5. The molecule has 1 unspecified atom stereocenters. The predicted molar refractivity (Wildman–Crippen MR) is 78.1 cm³/mol. The molecular formula is C17H20N2. The fourth-order valence-corrected chi connectivity index (χ4v) is 2.87. The van der Waals surface area contributed by atoms with Crippen molar-refractivity contribution in [1.29, 1.82) is 0 Å². The molecule has 2 heteroatoms. The molecule has 1 saturated heterocycles. The molecule has 0 radical (unpaired) electrons. The van der Waals surface area contributed by atoms with Gasteiger partial charge in [0.05, 0.1) is 0 Å². The molecule has 0 bridgehead atoms. The number of benzene rings is 1. The average Bonchev–Trinajstić information content (AvgIpc) is 2.87. The van der Waals surface area contributed by atoms with Crippen LogP contribution in [0.4, 0.5) is 0 Å². The standard InChI is InChI=1S/C17H20N2/c1-19-11-5-8-17(19)15-9-10-16(18-13-15)12-14-6-3-2-4-7-14/h2-4,6-7,9-10,13,17H,5,8,11-12H2,1H3. The first-order chi connectivity index (χ1) is 9.33. The summed E-state index contributed by atoms with van der Waals surface area (Å²) in [5, 5.41) is 0. The summed E-state index contributed by atoms with van der Waals surface area (Å²) in [5.41, 5.74) is 3.83. The Labute approximate surface area is 115 Å². The highest BCUT2D eigenvalue weighted by Gasteiger charge is 2.22. The van der Waals surface area contributed by atoms with Crippen molar-refractivity contribution in [3.8, 4) is 0 Å². The Bertz CT molecular complexity index is 519. The van der Waals surface area contributed by atoms with E-state index in [2.05, 4.69) is 65.6 Å². The molecule has 0 spiro atoms. The minimum Gasteiger partial charge on any atom is -0.299 e. The zero-order valence-corrected chi connectivity index (χ0v) is 11.4. The highest BCUT2D eigenvalue weighted by Crippen LogP contribution is 2.29. The van der Waals surface area contributed by atoms with Gasteiger partial charge in [-0.1, -0.05) is 36.4 Å². The molecular weight excluding hydrogens is 232 g/mol. The van der Waals surface area contributed by atoms with Crippen LogP contribution in [-0.2, 0) is 6.42 Å². The SMILES string of the molecule is CN1CCCC1c1ccc(Cc2ccccc2)nc1. The zero-order valence-electron chi connectivity index (χ0n) is 11.4. The number of nitrogens with zero attached hydrogens (tertiary/aromatic N) is 2. The number of hydrogen-bond donors (Lipinski definition) is 0. The van der Waals surface area contributed by atoms with Crippen molar-refractivity contribution in [2.45, 2.75) is 25.3 Å². The zero-order chi connectivity index (χ0) is 13.1. The van der Waals surface area contributed by atoms with Crippen molar-refractivity contribution in [2.75, 3.05) is 13.6 Å². The lowest BCUT2D eigenvalue weighted by Gasteiger charge is -2.19. The van der Waals surface area contributed by atoms with E-state index in [1.54, 1.807) is 0 Å². The molecule has 1 aromatic carbocycles. The summed E-state index contributed by atoms with van der Waals surface area (Å²) in [6.45, 7) is 1.20. The molecule has 19 heavy (non-hydrogen) atoms. The summed E-state index contributed by atoms with van der Waals surface area (Å²) in [6.07, 6.45) is 5.54. The second-order valence-electron chi connectivity index (χ2n) is 5.38. The number of rotatable bonds is 3. The van der Waals surface area contributed by atoms with Gasteiger partial charge < -0.3 is 0 Å². The van der Waals surface area contributed by atoms with Crippen molar-refractivity contribution in [1.82, 2.24) is 9.88 Å². The van der Waals surface area contributed by atoms with Crippen molar-refractivity contribution in [3.05, 3.63) is 65.5 Å². The maximum atomic E-state index is 4.63. The van der Waals surface area contributed by atoms with Gasteiger partial charge in [0, 0.05) is 24.4 Å². The Morgan fingerprint density at radius 1 is 1.16 bits per heavy atom. The van der Waals surface area contributed by atoms with Crippen molar-refractivity contribution in [2.24, 2.45) is 0 Å². The monoisotopic (exact) mass is 252 g/mol. The van der Waals surface area contributed by atoms with Gasteiger partial charge in [0.1, 0.15) is 0 Å². The van der Waals surface area contributed by atoms with E-state index in [0.29, 0.717) is 6.04 Å².